The van der Waals surface area contributed by atoms with Gasteiger partial charge in [0.25, 0.3) is 11.8 Å². The maximum atomic E-state index is 13.0. The van der Waals surface area contributed by atoms with Gasteiger partial charge in [-0.3, -0.25) is 4.79 Å². The second kappa shape index (κ2) is 5.28. The van der Waals surface area contributed by atoms with E-state index in [1.807, 2.05) is 22.6 Å². The summed E-state index contributed by atoms with van der Waals surface area (Å²) in [5, 5.41) is 0.581. The number of hydrogen-bond acceptors (Lipinski definition) is 1. The Hall–Kier alpha value is -0.430. The number of likely N-dealkylation sites (tertiary alicyclic amines) is 1. The zero-order valence-electron chi connectivity index (χ0n) is 9.43. The lowest BCUT2D eigenvalue weighted by Gasteiger charge is -2.31. The first-order valence-electron chi connectivity index (χ1n) is 5.51. The van der Waals surface area contributed by atoms with Crippen molar-refractivity contribution in [1.82, 2.24) is 4.90 Å². The highest BCUT2D eigenvalue weighted by atomic mass is 127. The van der Waals surface area contributed by atoms with E-state index < -0.39 is 5.92 Å². The molecule has 2 rings (SSSR count). The average molecular weight is 386 g/mol. The van der Waals surface area contributed by atoms with Crippen LogP contribution >= 0.6 is 34.2 Å². The number of carbonyl (C=O) groups is 1. The van der Waals surface area contributed by atoms with Gasteiger partial charge in [0.1, 0.15) is 0 Å². The molecule has 0 unspecified atom stereocenters. The molecule has 18 heavy (non-hydrogen) atoms. The third-order valence-electron chi connectivity index (χ3n) is 2.95. The van der Waals surface area contributed by atoms with Gasteiger partial charge in [0.15, 0.2) is 0 Å². The van der Waals surface area contributed by atoms with E-state index in [-0.39, 0.29) is 31.8 Å². The first-order valence-corrected chi connectivity index (χ1v) is 6.97. The van der Waals surface area contributed by atoms with Gasteiger partial charge in [0, 0.05) is 35.1 Å². The lowest BCUT2D eigenvalue weighted by Crippen LogP contribution is -2.42. The summed E-state index contributed by atoms with van der Waals surface area (Å²) < 4.78 is 26.8. The van der Waals surface area contributed by atoms with E-state index in [0.29, 0.717) is 10.6 Å². The van der Waals surface area contributed by atoms with Crippen molar-refractivity contribution in [1.29, 1.82) is 0 Å². The van der Waals surface area contributed by atoms with Crippen molar-refractivity contribution in [2.45, 2.75) is 18.8 Å². The molecule has 0 aromatic heterocycles. The van der Waals surface area contributed by atoms with Crippen LogP contribution in [0.2, 0.25) is 5.02 Å². The van der Waals surface area contributed by atoms with E-state index in [0.717, 1.165) is 3.57 Å². The molecule has 1 aliphatic rings. The molecule has 0 saturated carbocycles. The molecule has 1 amide bonds. The summed E-state index contributed by atoms with van der Waals surface area (Å²) in [6.45, 7) is 0.204. The highest BCUT2D eigenvalue weighted by molar-refractivity contribution is 14.1. The van der Waals surface area contributed by atoms with Crippen LogP contribution in [0.4, 0.5) is 8.78 Å². The van der Waals surface area contributed by atoms with Crippen LogP contribution in [0.25, 0.3) is 0 Å². The number of rotatable bonds is 1. The summed E-state index contributed by atoms with van der Waals surface area (Å²) in [6.07, 6.45) is -0.521. The molecule has 1 aromatic rings. The van der Waals surface area contributed by atoms with Crippen molar-refractivity contribution >= 4 is 40.1 Å². The number of amides is 1. The minimum Gasteiger partial charge on any atom is -0.338 e. The Morgan fingerprint density at radius 3 is 2.50 bits per heavy atom. The summed E-state index contributed by atoms with van der Waals surface area (Å²) in [7, 11) is 0. The van der Waals surface area contributed by atoms with Gasteiger partial charge in [-0.05, 0) is 40.8 Å². The predicted octanol–water partition coefficient (Wildman–Crippen LogP) is 3.82. The SMILES string of the molecule is O=C(c1ccc(Cl)c(I)c1)N1CCC(F)(F)CC1. The summed E-state index contributed by atoms with van der Waals surface area (Å²) in [5.41, 5.74) is 0.494. The van der Waals surface area contributed by atoms with Crippen molar-refractivity contribution in [2.24, 2.45) is 0 Å². The van der Waals surface area contributed by atoms with E-state index in [1.54, 1.807) is 18.2 Å². The minimum atomic E-state index is -2.63. The summed E-state index contributed by atoms with van der Waals surface area (Å²) in [4.78, 5) is 13.6. The van der Waals surface area contributed by atoms with Gasteiger partial charge >= 0.3 is 0 Å². The van der Waals surface area contributed by atoms with Gasteiger partial charge in [0.2, 0.25) is 0 Å². The number of hydrogen-bond donors (Lipinski definition) is 0. The van der Waals surface area contributed by atoms with E-state index in [4.69, 9.17) is 11.6 Å². The van der Waals surface area contributed by atoms with Crippen molar-refractivity contribution in [3.05, 3.63) is 32.4 Å². The topological polar surface area (TPSA) is 20.3 Å². The van der Waals surface area contributed by atoms with Crippen LogP contribution in [-0.2, 0) is 0 Å². The smallest absolute Gasteiger partial charge is 0.253 e. The molecule has 1 aliphatic heterocycles. The van der Waals surface area contributed by atoms with Gasteiger partial charge in [0.05, 0.1) is 5.02 Å². The molecule has 0 bridgehead atoms. The van der Waals surface area contributed by atoms with Gasteiger partial charge in [-0.1, -0.05) is 11.6 Å². The molecule has 6 heteroatoms. The van der Waals surface area contributed by atoms with E-state index in [2.05, 4.69) is 0 Å². The summed E-state index contributed by atoms with van der Waals surface area (Å²) in [5.74, 6) is -2.84. The Balaban J connectivity index is 2.10. The number of nitrogens with zero attached hydrogens (tertiary/aromatic N) is 1. The van der Waals surface area contributed by atoms with Crippen molar-refractivity contribution in [3.8, 4) is 0 Å². The highest BCUT2D eigenvalue weighted by Crippen LogP contribution is 2.28. The fourth-order valence-electron chi connectivity index (χ4n) is 1.85. The molecule has 0 spiro atoms. The standard InChI is InChI=1S/C12H11ClF2INO/c13-9-2-1-8(7-10(9)16)11(18)17-5-3-12(14,15)4-6-17/h1-2,7H,3-6H2. The first-order chi connectivity index (χ1) is 8.39. The number of alkyl halides is 2. The minimum absolute atomic E-state index is 0.102. The van der Waals surface area contributed by atoms with Crippen LogP contribution in [0.1, 0.15) is 23.2 Å². The second-order valence-corrected chi connectivity index (χ2v) is 5.85. The van der Waals surface area contributed by atoms with Gasteiger partial charge < -0.3 is 4.90 Å². The van der Waals surface area contributed by atoms with Gasteiger partial charge in [-0.15, -0.1) is 0 Å². The monoisotopic (exact) mass is 385 g/mol. The largest absolute Gasteiger partial charge is 0.338 e. The molecule has 0 atom stereocenters. The molecule has 2 nitrogen and oxygen atoms in total. The molecule has 1 heterocycles. The third kappa shape index (κ3) is 3.12. The summed E-state index contributed by atoms with van der Waals surface area (Å²) in [6, 6.07) is 4.95. The van der Waals surface area contributed by atoms with Crippen molar-refractivity contribution in [3.63, 3.8) is 0 Å². The summed E-state index contributed by atoms with van der Waals surface area (Å²) >= 11 is 7.91. The molecule has 1 fully saturated rings. The van der Waals surface area contributed by atoms with E-state index >= 15 is 0 Å². The zero-order chi connectivity index (χ0) is 13.3. The number of piperidine rings is 1. The molecular weight excluding hydrogens is 374 g/mol. The molecule has 0 N–H and O–H groups in total. The predicted molar refractivity (Wildman–Crippen MR) is 74.3 cm³/mol. The highest BCUT2D eigenvalue weighted by Gasteiger charge is 2.35. The normalized spacial score (nSPS) is 18.8. The van der Waals surface area contributed by atoms with Crippen LogP contribution in [0.3, 0.4) is 0 Å². The Bertz CT molecular complexity index is 471. The Morgan fingerprint density at radius 1 is 1.33 bits per heavy atom. The fourth-order valence-corrected chi connectivity index (χ4v) is 2.48. The number of benzene rings is 1. The Labute approximate surface area is 122 Å². The number of halogens is 4. The third-order valence-corrected chi connectivity index (χ3v) is 4.49. The Kier molecular flexibility index (Phi) is 4.11. The van der Waals surface area contributed by atoms with Gasteiger partial charge in [-0.2, -0.15) is 0 Å². The molecule has 98 valence electrons. The fraction of sp³-hybridized carbons (Fsp3) is 0.417. The van der Waals surface area contributed by atoms with Crippen LogP contribution in [0, 0.1) is 3.57 Å². The molecule has 0 aliphatic carbocycles. The van der Waals surface area contributed by atoms with Crippen LogP contribution in [-0.4, -0.2) is 29.8 Å². The maximum Gasteiger partial charge on any atom is 0.253 e. The molecule has 0 radical (unpaired) electrons. The zero-order valence-corrected chi connectivity index (χ0v) is 12.3. The lowest BCUT2D eigenvalue weighted by molar-refractivity contribution is -0.0494. The van der Waals surface area contributed by atoms with E-state index in [9.17, 15) is 13.6 Å². The average Bonchev–Trinajstić information content (AvgIpc) is 2.32. The van der Waals surface area contributed by atoms with Crippen LogP contribution in [0.15, 0.2) is 18.2 Å². The quantitative estimate of drug-likeness (QED) is 0.673. The number of carbonyl (C=O) groups excluding carboxylic acids is 1. The second-order valence-electron chi connectivity index (χ2n) is 4.28. The van der Waals surface area contributed by atoms with Crippen molar-refractivity contribution in [2.75, 3.05) is 13.1 Å². The first kappa shape index (κ1) is 14.0. The van der Waals surface area contributed by atoms with Crippen molar-refractivity contribution < 1.29 is 13.6 Å². The van der Waals surface area contributed by atoms with E-state index in [1.165, 1.54) is 4.90 Å². The molecular formula is C12H11ClF2INO. The molecule has 1 aromatic carbocycles. The Morgan fingerprint density at radius 2 is 1.94 bits per heavy atom. The van der Waals surface area contributed by atoms with Crippen LogP contribution < -0.4 is 0 Å². The molecule has 1 saturated heterocycles. The maximum absolute atomic E-state index is 13.0. The van der Waals surface area contributed by atoms with Crippen LogP contribution in [0.5, 0.6) is 0 Å². The van der Waals surface area contributed by atoms with Gasteiger partial charge in [-0.25, -0.2) is 8.78 Å². The lowest BCUT2D eigenvalue weighted by atomic mass is 10.1.